The number of nitrogens with zero attached hydrogens (tertiary/aromatic N) is 3. The van der Waals surface area contributed by atoms with Crippen LogP contribution >= 0.6 is 11.5 Å². The van der Waals surface area contributed by atoms with Crippen LogP contribution in [0.2, 0.25) is 0 Å². The molecule has 0 bridgehead atoms. The molecule has 0 spiro atoms. The zero-order valence-corrected chi connectivity index (χ0v) is 12.9. The lowest BCUT2D eigenvalue weighted by Gasteiger charge is -2.18. The molecular formula is C12H16N4O2S2. The largest absolute Gasteiger partial charge is 0.382 e. The SMILES string of the molecule is CCS(=O)(=O)c1c(N)nsc1N(C)Cc1ccncc1. The average molecular weight is 312 g/mol. The smallest absolute Gasteiger partial charge is 0.184 e. The first kappa shape index (κ1) is 14.7. The van der Waals surface area contributed by atoms with Crippen molar-refractivity contribution in [1.82, 2.24) is 9.36 Å². The van der Waals surface area contributed by atoms with Gasteiger partial charge in [-0.3, -0.25) is 4.98 Å². The van der Waals surface area contributed by atoms with Crippen molar-refractivity contribution in [2.45, 2.75) is 18.4 Å². The lowest BCUT2D eigenvalue weighted by atomic mass is 10.2. The molecule has 8 heteroatoms. The molecule has 0 unspecified atom stereocenters. The summed E-state index contributed by atoms with van der Waals surface area (Å²) in [6, 6.07) is 3.77. The molecule has 0 atom stereocenters. The number of aromatic nitrogens is 2. The molecule has 6 nitrogen and oxygen atoms in total. The Balaban J connectivity index is 2.34. The molecule has 2 N–H and O–H groups in total. The van der Waals surface area contributed by atoms with Crippen molar-refractivity contribution in [3.05, 3.63) is 30.1 Å². The van der Waals surface area contributed by atoms with Crippen molar-refractivity contribution in [3.8, 4) is 0 Å². The minimum atomic E-state index is -3.38. The molecule has 0 fully saturated rings. The summed E-state index contributed by atoms with van der Waals surface area (Å²) in [5.41, 5.74) is 6.75. The van der Waals surface area contributed by atoms with Crippen LogP contribution in [-0.4, -0.2) is 30.6 Å². The van der Waals surface area contributed by atoms with Crippen molar-refractivity contribution in [2.75, 3.05) is 23.4 Å². The third kappa shape index (κ3) is 2.91. The predicted molar refractivity (Wildman–Crippen MR) is 80.6 cm³/mol. The summed E-state index contributed by atoms with van der Waals surface area (Å²) in [4.78, 5) is 5.93. The summed E-state index contributed by atoms with van der Waals surface area (Å²) in [5.74, 6) is 0.0829. The highest BCUT2D eigenvalue weighted by molar-refractivity contribution is 7.91. The van der Waals surface area contributed by atoms with Crippen LogP contribution in [0.5, 0.6) is 0 Å². The monoisotopic (exact) mass is 312 g/mol. The van der Waals surface area contributed by atoms with Crippen LogP contribution < -0.4 is 10.6 Å². The minimum absolute atomic E-state index is 0.00566. The zero-order chi connectivity index (χ0) is 14.8. The van der Waals surface area contributed by atoms with Crippen molar-refractivity contribution in [1.29, 1.82) is 0 Å². The van der Waals surface area contributed by atoms with Crippen LogP contribution in [-0.2, 0) is 16.4 Å². The highest BCUT2D eigenvalue weighted by Gasteiger charge is 2.25. The van der Waals surface area contributed by atoms with Gasteiger partial charge >= 0.3 is 0 Å². The van der Waals surface area contributed by atoms with Gasteiger partial charge in [0.05, 0.1) is 5.75 Å². The van der Waals surface area contributed by atoms with E-state index in [9.17, 15) is 8.42 Å². The van der Waals surface area contributed by atoms with Gasteiger partial charge in [-0.2, -0.15) is 4.37 Å². The molecule has 2 heterocycles. The molecular weight excluding hydrogens is 296 g/mol. The van der Waals surface area contributed by atoms with Crippen LogP contribution in [0.15, 0.2) is 29.4 Å². The molecule has 0 aliphatic carbocycles. The van der Waals surface area contributed by atoms with Crippen LogP contribution in [0.3, 0.4) is 0 Å². The fraction of sp³-hybridized carbons (Fsp3) is 0.333. The predicted octanol–water partition coefficient (Wildman–Crippen LogP) is 1.55. The molecule has 0 aliphatic rings. The van der Waals surface area contributed by atoms with Crippen LogP contribution in [0.25, 0.3) is 0 Å². The molecule has 0 radical (unpaired) electrons. The van der Waals surface area contributed by atoms with E-state index in [1.807, 2.05) is 24.1 Å². The fourth-order valence-corrected chi connectivity index (χ4v) is 4.09. The Morgan fingerprint density at radius 2 is 2.00 bits per heavy atom. The van der Waals surface area contributed by atoms with E-state index in [0.717, 1.165) is 17.1 Å². The topological polar surface area (TPSA) is 89.2 Å². The first-order chi connectivity index (χ1) is 9.45. The van der Waals surface area contributed by atoms with Crippen LogP contribution in [0.1, 0.15) is 12.5 Å². The Morgan fingerprint density at radius 1 is 1.35 bits per heavy atom. The number of nitrogen functional groups attached to an aromatic ring is 1. The Labute approximate surface area is 122 Å². The number of nitrogens with two attached hydrogens (primary N) is 1. The second-order valence-electron chi connectivity index (χ2n) is 4.32. The van der Waals surface area contributed by atoms with E-state index >= 15 is 0 Å². The minimum Gasteiger partial charge on any atom is -0.382 e. The maximum Gasteiger partial charge on any atom is 0.184 e. The number of anilines is 2. The normalized spacial score (nSPS) is 11.5. The molecule has 0 aromatic carbocycles. The highest BCUT2D eigenvalue weighted by Crippen LogP contribution is 2.35. The van der Waals surface area contributed by atoms with Crippen molar-refractivity contribution >= 4 is 32.2 Å². The molecule has 2 aromatic heterocycles. The molecule has 0 saturated carbocycles. The molecule has 20 heavy (non-hydrogen) atoms. The summed E-state index contributed by atoms with van der Waals surface area (Å²) in [7, 11) is -1.56. The first-order valence-corrected chi connectivity index (χ1v) is 8.46. The average Bonchev–Trinajstić information content (AvgIpc) is 2.82. The lowest BCUT2D eigenvalue weighted by Crippen LogP contribution is -2.18. The van der Waals surface area contributed by atoms with Crippen molar-refractivity contribution in [3.63, 3.8) is 0 Å². The fourth-order valence-electron chi connectivity index (χ4n) is 1.80. The van der Waals surface area contributed by atoms with Gasteiger partial charge in [0.25, 0.3) is 0 Å². The number of rotatable bonds is 5. The number of pyridine rings is 1. The second-order valence-corrected chi connectivity index (χ2v) is 7.28. The summed E-state index contributed by atoms with van der Waals surface area (Å²) in [6.45, 7) is 2.16. The van der Waals surface area contributed by atoms with E-state index in [1.165, 1.54) is 0 Å². The van der Waals surface area contributed by atoms with E-state index in [-0.39, 0.29) is 16.5 Å². The third-order valence-corrected chi connectivity index (χ3v) is 5.75. The number of sulfone groups is 1. The maximum absolute atomic E-state index is 12.1. The van der Waals surface area contributed by atoms with E-state index in [0.29, 0.717) is 11.5 Å². The van der Waals surface area contributed by atoms with Gasteiger partial charge in [-0.25, -0.2) is 8.42 Å². The number of hydrogen-bond donors (Lipinski definition) is 1. The van der Waals surface area contributed by atoms with Gasteiger partial charge < -0.3 is 10.6 Å². The maximum atomic E-state index is 12.1. The van der Waals surface area contributed by atoms with Gasteiger partial charge in [0, 0.05) is 26.0 Å². The van der Waals surface area contributed by atoms with Gasteiger partial charge in [0.1, 0.15) is 9.90 Å². The molecule has 0 aliphatic heterocycles. The van der Waals surface area contributed by atoms with Gasteiger partial charge in [0.2, 0.25) is 0 Å². The summed E-state index contributed by atoms with van der Waals surface area (Å²) >= 11 is 1.10. The molecule has 0 amide bonds. The molecule has 2 aromatic rings. The standard InChI is InChI=1S/C12H16N4O2S2/c1-3-20(17,18)10-11(13)15-19-12(10)16(2)8-9-4-6-14-7-5-9/h4-7H,3,8H2,1-2H3,(H2,13,15). The van der Waals surface area contributed by atoms with E-state index in [2.05, 4.69) is 9.36 Å². The summed E-state index contributed by atoms with van der Waals surface area (Å²) in [6.07, 6.45) is 3.40. The molecule has 0 saturated heterocycles. The van der Waals surface area contributed by atoms with Crippen molar-refractivity contribution in [2.24, 2.45) is 0 Å². The Kier molecular flexibility index (Phi) is 4.24. The van der Waals surface area contributed by atoms with E-state index < -0.39 is 9.84 Å². The number of hydrogen-bond acceptors (Lipinski definition) is 7. The van der Waals surface area contributed by atoms with Gasteiger partial charge in [-0.15, -0.1) is 0 Å². The van der Waals surface area contributed by atoms with Gasteiger partial charge in [0.15, 0.2) is 15.7 Å². The van der Waals surface area contributed by atoms with Crippen LogP contribution in [0, 0.1) is 0 Å². The first-order valence-electron chi connectivity index (χ1n) is 6.03. The van der Waals surface area contributed by atoms with Gasteiger partial charge in [-0.1, -0.05) is 6.92 Å². The second kappa shape index (κ2) is 5.76. The highest BCUT2D eigenvalue weighted by atomic mass is 32.2. The summed E-state index contributed by atoms with van der Waals surface area (Å²) < 4.78 is 28.2. The van der Waals surface area contributed by atoms with E-state index in [1.54, 1.807) is 19.3 Å². The van der Waals surface area contributed by atoms with Crippen LogP contribution in [0.4, 0.5) is 10.8 Å². The zero-order valence-electron chi connectivity index (χ0n) is 11.3. The summed E-state index contributed by atoms with van der Waals surface area (Å²) in [5, 5.41) is 0.571. The van der Waals surface area contributed by atoms with E-state index in [4.69, 9.17) is 5.73 Å². The quantitative estimate of drug-likeness (QED) is 0.901. The third-order valence-electron chi connectivity index (χ3n) is 2.86. The van der Waals surface area contributed by atoms with Gasteiger partial charge in [-0.05, 0) is 29.2 Å². The Bertz CT molecular complexity index is 683. The Morgan fingerprint density at radius 3 is 2.60 bits per heavy atom. The lowest BCUT2D eigenvalue weighted by molar-refractivity contribution is 0.597. The molecule has 108 valence electrons. The Hall–Kier alpha value is -1.67. The molecule has 2 rings (SSSR count). The van der Waals surface area contributed by atoms with Crippen molar-refractivity contribution < 1.29 is 8.42 Å².